The van der Waals surface area contributed by atoms with Gasteiger partial charge in [0.2, 0.25) is 0 Å². The molecule has 0 bridgehead atoms. The number of aryl methyl sites for hydroxylation is 2. The van der Waals surface area contributed by atoms with Gasteiger partial charge >= 0.3 is 0 Å². The van der Waals surface area contributed by atoms with Crippen molar-refractivity contribution >= 4 is 20.9 Å². The minimum absolute atomic E-state index is 0.290. The van der Waals surface area contributed by atoms with E-state index in [4.69, 9.17) is 19.7 Å². The third-order valence-electron chi connectivity index (χ3n) is 8.16. The van der Waals surface area contributed by atoms with E-state index in [2.05, 4.69) is 47.4 Å². The number of imidazole rings is 1. The summed E-state index contributed by atoms with van der Waals surface area (Å²) in [6.45, 7) is 4.99. The van der Waals surface area contributed by atoms with Crippen LogP contribution in [0.2, 0.25) is 0 Å². The average molecular weight is 582 g/mol. The van der Waals surface area contributed by atoms with E-state index in [0.717, 1.165) is 83.1 Å². The van der Waals surface area contributed by atoms with E-state index in [-0.39, 0.29) is 4.90 Å². The predicted octanol–water partition coefficient (Wildman–Crippen LogP) is 5.69. The first-order chi connectivity index (χ1) is 20.2. The van der Waals surface area contributed by atoms with E-state index in [1.165, 1.54) is 11.8 Å². The summed E-state index contributed by atoms with van der Waals surface area (Å²) in [6.07, 6.45) is 5.75. The third-order valence-corrected chi connectivity index (χ3v) is 9.29. The lowest BCUT2D eigenvalue weighted by atomic mass is 10.0. The molecule has 6 rings (SSSR count). The van der Waals surface area contributed by atoms with Gasteiger partial charge in [0.25, 0.3) is 0 Å². The molecule has 2 aromatic carbocycles. The second-order valence-electron chi connectivity index (χ2n) is 11.1. The Hall–Kier alpha value is -3.92. The molecule has 0 unspecified atom stereocenters. The molecule has 0 radical (unpaired) electrons. The summed E-state index contributed by atoms with van der Waals surface area (Å²) >= 11 is 0. The molecule has 216 valence electrons. The van der Waals surface area contributed by atoms with Gasteiger partial charge in [-0.3, -0.25) is 14.9 Å². The topological polar surface area (TPSA) is 90.2 Å². The van der Waals surface area contributed by atoms with Crippen molar-refractivity contribution in [3.63, 3.8) is 0 Å². The average Bonchev–Trinajstić information content (AvgIpc) is 3.34. The molecular formula is C33H35N5O3S. The molecule has 0 amide bonds. The zero-order valence-electron chi connectivity index (χ0n) is 24.4. The molecule has 4 heterocycles. The first-order valence-electron chi connectivity index (χ1n) is 14.1. The fraction of sp³-hybridized carbons (Fsp3) is 0.303. The summed E-state index contributed by atoms with van der Waals surface area (Å²) in [5.74, 6) is 0.761. The Morgan fingerprint density at radius 1 is 0.881 bits per heavy atom. The largest absolute Gasteiger partial charge is 0.381 e. The number of piperidine rings is 1. The van der Waals surface area contributed by atoms with Gasteiger partial charge in [-0.25, -0.2) is 13.4 Å². The van der Waals surface area contributed by atoms with Crippen LogP contribution in [-0.4, -0.2) is 65.4 Å². The number of pyridine rings is 2. The van der Waals surface area contributed by atoms with E-state index >= 15 is 0 Å². The summed E-state index contributed by atoms with van der Waals surface area (Å²) in [4.78, 5) is 17.2. The lowest BCUT2D eigenvalue weighted by Crippen LogP contribution is -2.36. The van der Waals surface area contributed by atoms with Gasteiger partial charge in [-0.1, -0.05) is 30.3 Å². The molecule has 0 N–H and O–H groups in total. The Labute approximate surface area is 247 Å². The minimum atomic E-state index is -3.26. The molecule has 3 aromatic heterocycles. The number of rotatable bonds is 7. The summed E-state index contributed by atoms with van der Waals surface area (Å²) in [7, 11) is 0.515. The lowest BCUT2D eigenvalue weighted by molar-refractivity contribution is 0.0388. The number of methoxy groups -OCH3 is 1. The number of ether oxygens (including phenoxy) is 1. The van der Waals surface area contributed by atoms with E-state index < -0.39 is 9.84 Å². The summed E-state index contributed by atoms with van der Waals surface area (Å²) in [5.41, 5.74) is 8.59. The van der Waals surface area contributed by atoms with E-state index in [0.29, 0.717) is 6.10 Å². The maximum atomic E-state index is 11.9. The van der Waals surface area contributed by atoms with Crippen LogP contribution in [0.4, 0.5) is 0 Å². The summed E-state index contributed by atoms with van der Waals surface area (Å²) in [5, 5.41) is 0. The fourth-order valence-corrected chi connectivity index (χ4v) is 6.29. The minimum Gasteiger partial charge on any atom is -0.381 e. The molecule has 42 heavy (non-hydrogen) atoms. The summed E-state index contributed by atoms with van der Waals surface area (Å²) < 4.78 is 31.3. The summed E-state index contributed by atoms with van der Waals surface area (Å²) in [6, 6.07) is 21.5. The number of fused-ring (bicyclic) bond motifs is 1. The van der Waals surface area contributed by atoms with Crippen molar-refractivity contribution in [2.75, 3.05) is 26.5 Å². The molecule has 0 saturated carbocycles. The Balaban J connectivity index is 1.20. The van der Waals surface area contributed by atoms with Crippen LogP contribution in [-0.2, 0) is 28.2 Å². The number of benzene rings is 2. The second-order valence-corrected chi connectivity index (χ2v) is 13.1. The molecule has 1 fully saturated rings. The number of nitrogens with zero attached hydrogens (tertiary/aromatic N) is 5. The number of sulfone groups is 1. The van der Waals surface area contributed by atoms with Gasteiger partial charge in [0.05, 0.1) is 33.6 Å². The smallest absolute Gasteiger partial charge is 0.175 e. The SMILES string of the molecule is COC1CCN(Cc2ccc(-c3ccc(-c4cc5c(nc(-c6ccc(S(C)(=O)=O)cc6)n5C)c(C)n4)cc3)nc2)CC1. The molecule has 0 aliphatic carbocycles. The Kier molecular flexibility index (Phi) is 7.66. The van der Waals surface area contributed by atoms with Crippen LogP contribution >= 0.6 is 0 Å². The molecule has 0 spiro atoms. The second kappa shape index (κ2) is 11.4. The van der Waals surface area contributed by atoms with E-state index in [1.54, 1.807) is 31.4 Å². The van der Waals surface area contributed by atoms with Gasteiger partial charge in [0.15, 0.2) is 9.84 Å². The van der Waals surface area contributed by atoms with Crippen molar-refractivity contribution in [1.29, 1.82) is 0 Å². The van der Waals surface area contributed by atoms with Crippen LogP contribution in [0.25, 0.3) is 44.9 Å². The molecule has 5 aromatic rings. The van der Waals surface area contributed by atoms with Crippen LogP contribution in [0.5, 0.6) is 0 Å². The number of hydrogen-bond acceptors (Lipinski definition) is 7. The number of hydrogen-bond donors (Lipinski definition) is 0. The van der Waals surface area contributed by atoms with Crippen molar-refractivity contribution in [3.8, 4) is 33.9 Å². The van der Waals surface area contributed by atoms with Crippen molar-refractivity contribution in [3.05, 3.63) is 84.2 Å². The van der Waals surface area contributed by atoms with Crippen molar-refractivity contribution < 1.29 is 13.2 Å². The van der Waals surface area contributed by atoms with Gasteiger partial charge in [-0.15, -0.1) is 0 Å². The maximum absolute atomic E-state index is 11.9. The normalized spacial score (nSPS) is 15.0. The van der Waals surface area contributed by atoms with Crippen molar-refractivity contribution in [2.24, 2.45) is 7.05 Å². The predicted molar refractivity (Wildman–Crippen MR) is 166 cm³/mol. The van der Waals surface area contributed by atoms with Crippen molar-refractivity contribution in [2.45, 2.75) is 37.3 Å². The molecule has 8 nitrogen and oxygen atoms in total. The Bertz CT molecular complexity index is 1820. The van der Waals surface area contributed by atoms with Gasteiger partial charge < -0.3 is 9.30 Å². The zero-order chi connectivity index (χ0) is 29.4. The van der Waals surface area contributed by atoms with Gasteiger partial charge in [-0.05, 0) is 61.7 Å². The van der Waals surface area contributed by atoms with Crippen LogP contribution in [0.3, 0.4) is 0 Å². The maximum Gasteiger partial charge on any atom is 0.175 e. The number of aromatic nitrogens is 4. The molecule has 0 atom stereocenters. The van der Waals surface area contributed by atoms with Gasteiger partial charge in [-0.2, -0.15) is 0 Å². The number of likely N-dealkylation sites (tertiary alicyclic amines) is 1. The lowest BCUT2D eigenvalue weighted by Gasteiger charge is -2.31. The first-order valence-corrected chi connectivity index (χ1v) is 16.0. The van der Waals surface area contributed by atoms with E-state index in [9.17, 15) is 8.42 Å². The molecule has 1 aliphatic heterocycles. The standard InChI is InChI=1S/C33H35N5O3S/c1-22-32-31(37(2)33(36-32)26-10-12-28(13-11-26)42(4,39)40)19-30(35-22)25-8-6-24(7-9-25)29-14-5-23(20-34-29)21-38-17-15-27(41-3)16-18-38/h5-14,19-20,27H,15-18,21H2,1-4H3. The van der Waals surface area contributed by atoms with E-state index in [1.807, 2.05) is 24.7 Å². The quantitative estimate of drug-likeness (QED) is 0.244. The molecule has 1 saturated heterocycles. The van der Waals surface area contributed by atoms with Crippen molar-refractivity contribution in [1.82, 2.24) is 24.4 Å². The van der Waals surface area contributed by atoms with Gasteiger partial charge in [0, 0.05) is 62.9 Å². The monoisotopic (exact) mass is 581 g/mol. The van der Waals surface area contributed by atoms with Crippen LogP contribution < -0.4 is 0 Å². The first kappa shape index (κ1) is 28.2. The van der Waals surface area contributed by atoms with Crippen LogP contribution in [0.15, 0.2) is 77.8 Å². The highest BCUT2D eigenvalue weighted by Crippen LogP contribution is 2.30. The van der Waals surface area contributed by atoms with Crippen LogP contribution in [0, 0.1) is 6.92 Å². The Morgan fingerprint density at radius 2 is 1.52 bits per heavy atom. The highest BCUT2D eigenvalue weighted by atomic mass is 32.2. The molecule has 9 heteroatoms. The zero-order valence-corrected chi connectivity index (χ0v) is 25.2. The molecular weight excluding hydrogens is 546 g/mol. The van der Waals surface area contributed by atoms with Crippen LogP contribution in [0.1, 0.15) is 24.1 Å². The third kappa shape index (κ3) is 5.72. The molecule has 1 aliphatic rings. The Morgan fingerprint density at radius 3 is 2.12 bits per heavy atom. The highest BCUT2D eigenvalue weighted by Gasteiger charge is 2.19. The highest BCUT2D eigenvalue weighted by molar-refractivity contribution is 7.90. The fourth-order valence-electron chi connectivity index (χ4n) is 5.66. The van der Waals surface area contributed by atoms with Gasteiger partial charge in [0.1, 0.15) is 11.3 Å².